The standard InChI is InChI=1S/2C26H46.3C20H36.C14H26.C8H16/c1-12-10-11-21-22(12)24-18(7)15(4)16(5)20(9)26(24)25-19(8)14(3)13(2)17(6)23(21)25;1-12-10-11-21-22(12)17(6)18(7)24-20(9)19(8)23-15(4)13(2)14(3)16(5)25(23)26(21)24;1-10-8-9-17-13(4)16(7)19-14(5)11(2)12(3)15(6)20(19)18(10)17;1-10-8-9-17-15(6)19-13(4)11(2)12(3)14(5)20(19)16(7)18(10)17;1-10-8-9-17-18(10)15(6)16(7)19-13(4)11(2)12(3)14(5)20(17)19;1-8-6-7-13-11(4)9(2)10(3)12(5)14(8)13;1-6-4-5-7(2)8(6)3/h2*12-26H,10-11H2,1-9H3;3*10-20H,8-9H2,1-7H3;8-14H,6-7H2,1-5H3;6-8H,4-5H2,1-3H3. The fourth-order valence-electron chi connectivity index (χ4n) is 47.1. The highest BCUT2D eigenvalue weighted by atomic mass is 14.7. The number of hydrogen-bond acceptors (Lipinski definition) is 0. The van der Waals surface area contributed by atoms with Crippen LogP contribution in [0.4, 0.5) is 0 Å². The average molecular weight is 1850 g/mol. The molecule has 20 aliphatic rings. The SMILES string of the molecule is CC1CCC(C)C1C.CC1CCC2C(C)C(C)C(C)C(C)C12.CC1CCC2C(C)C(C)C3C(C)C(C)C(C)C(C)C3C12.CC1CCC2C(C)C3C(C)C(C)C(C)C(C)C3C(C)C12.CC1CCC2C1C(C)C(C)C1C(C)C(C)C(C)C(C)C21.CC1CCC2C1C(C)C(C)C1C(C)C(C)C3C(C)C(C)C(C)C(C)C3C21.CC1CCC2C1C1C(C)C(C)C(C)C(C)C1C1C(C)C(C)C(C)C(C)C21. The van der Waals surface area contributed by atoms with E-state index >= 15 is 0 Å². The highest BCUT2D eigenvalue weighted by molar-refractivity contribution is 5.16. The lowest BCUT2D eigenvalue weighted by Gasteiger charge is -2.65. The zero-order valence-corrected chi connectivity index (χ0v) is 99.0. The number of fused-ring (bicyclic) bond motifs is 20. The van der Waals surface area contributed by atoms with Gasteiger partial charge in [0, 0.05) is 0 Å². The van der Waals surface area contributed by atoms with Gasteiger partial charge in [0.05, 0.1) is 0 Å². The molecule has 0 bridgehead atoms. The van der Waals surface area contributed by atoms with Crippen LogP contribution in [0.15, 0.2) is 0 Å². The van der Waals surface area contributed by atoms with Gasteiger partial charge in [0.25, 0.3) is 0 Å². The first-order chi connectivity index (χ1) is 62.7. The molecule has 0 aromatic heterocycles. The molecule has 778 valence electrons. The summed E-state index contributed by atoms with van der Waals surface area (Å²) in [4.78, 5) is 0. The van der Waals surface area contributed by atoms with Crippen LogP contribution in [0.1, 0.15) is 415 Å². The van der Waals surface area contributed by atoms with Gasteiger partial charge in [-0.1, -0.05) is 377 Å². The molecular weight excluding hydrogens is 1610 g/mol. The minimum Gasteiger partial charge on any atom is -0.0622 e. The van der Waals surface area contributed by atoms with Gasteiger partial charge in [0.15, 0.2) is 0 Å². The van der Waals surface area contributed by atoms with E-state index in [0.29, 0.717) is 0 Å². The molecular formula is C134H242. The zero-order valence-electron chi connectivity index (χ0n) is 99.0. The lowest BCUT2D eigenvalue weighted by atomic mass is 9.39. The highest BCUT2D eigenvalue weighted by Crippen LogP contribution is 2.73. The Labute approximate surface area is 841 Å². The second kappa shape index (κ2) is 42.7. The molecule has 72 atom stereocenters. The van der Waals surface area contributed by atoms with Crippen LogP contribution >= 0.6 is 0 Å². The Morgan fingerprint density at radius 2 is 0.201 bits per heavy atom. The van der Waals surface area contributed by atoms with E-state index in [-0.39, 0.29) is 0 Å². The Kier molecular flexibility index (Phi) is 34.9. The van der Waals surface area contributed by atoms with E-state index in [2.05, 4.69) is 325 Å². The smallest absolute Gasteiger partial charge is 0.0315 e. The van der Waals surface area contributed by atoms with Gasteiger partial charge in [-0.3, -0.25) is 0 Å². The molecule has 20 aliphatic carbocycles. The van der Waals surface area contributed by atoms with Gasteiger partial charge in [-0.05, 0) is 471 Å². The summed E-state index contributed by atoms with van der Waals surface area (Å²) in [6.07, 6.45) is 21.1. The van der Waals surface area contributed by atoms with Gasteiger partial charge < -0.3 is 0 Å². The number of hydrogen-bond donors (Lipinski definition) is 0. The van der Waals surface area contributed by atoms with Crippen molar-refractivity contribution in [2.24, 2.45) is 432 Å². The summed E-state index contributed by atoms with van der Waals surface area (Å²) in [6.45, 7) is 121. The van der Waals surface area contributed by atoms with Crippen LogP contribution < -0.4 is 0 Å². The molecule has 0 radical (unpaired) electrons. The first-order valence-corrected chi connectivity index (χ1v) is 62.7. The predicted octanol–water partition coefficient (Wildman–Crippen LogP) is 38.6. The first-order valence-electron chi connectivity index (χ1n) is 62.7. The zero-order chi connectivity index (χ0) is 99.0. The third-order valence-corrected chi connectivity index (χ3v) is 58.6. The van der Waals surface area contributed by atoms with Gasteiger partial charge in [-0.2, -0.15) is 0 Å². The predicted molar refractivity (Wildman–Crippen MR) is 586 cm³/mol. The maximum atomic E-state index is 2.65. The molecule has 20 fully saturated rings. The Hall–Kier alpha value is 0. The third-order valence-electron chi connectivity index (χ3n) is 58.6. The molecule has 0 heteroatoms. The van der Waals surface area contributed by atoms with Crippen molar-refractivity contribution in [2.75, 3.05) is 0 Å². The molecule has 0 nitrogen and oxygen atoms in total. The topological polar surface area (TPSA) is 0 Å². The fraction of sp³-hybridized carbons (Fsp3) is 1.00. The third kappa shape index (κ3) is 18.4. The van der Waals surface area contributed by atoms with Crippen molar-refractivity contribution >= 4 is 0 Å². The van der Waals surface area contributed by atoms with Crippen molar-refractivity contribution in [3.05, 3.63) is 0 Å². The molecule has 0 aromatic rings. The molecule has 20 rings (SSSR count). The van der Waals surface area contributed by atoms with Crippen LogP contribution in [0.25, 0.3) is 0 Å². The molecule has 134 heavy (non-hydrogen) atoms. The van der Waals surface area contributed by atoms with E-state index < -0.39 is 0 Å². The molecule has 0 aromatic carbocycles. The van der Waals surface area contributed by atoms with Crippen LogP contribution in [0, 0.1) is 432 Å². The Balaban J connectivity index is 0.000000128. The van der Waals surface area contributed by atoms with Gasteiger partial charge >= 0.3 is 0 Å². The van der Waals surface area contributed by atoms with Crippen molar-refractivity contribution in [3.8, 4) is 0 Å². The Bertz CT molecular complexity index is 3630. The van der Waals surface area contributed by atoms with E-state index in [1.54, 1.807) is 12.8 Å². The summed E-state index contributed by atoms with van der Waals surface area (Å²) in [6, 6.07) is 0. The molecule has 0 amide bonds. The largest absolute Gasteiger partial charge is 0.0622 e. The summed E-state index contributed by atoms with van der Waals surface area (Å²) in [5, 5.41) is 0. The average Bonchev–Trinajstić information content (AvgIpc) is 1.27. The van der Waals surface area contributed by atoms with E-state index in [1.165, 1.54) is 77.0 Å². The van der Waals surface area contributed by atoms with Gasteiger partial charge in [-0.25, -0.2) is 0 Å². The van der Waals surface area contributed by atoms with E-state index in [9.17, 15) is 0 Å². The lowest BCUT2D eigenvalue weighted by molar-refractivity contribution is -0.180. The summed E-state index contributed by atoms with van der Waals surface area (Å²) >= 11 is 0. The molecule has 0 N–H and O–H groups in total. The highest BCUT2D eigenvalue weighted by Gasteiger charge is 2.68. The van der Waals surface area contributed by atoms with Crippen molar-refractivity contribution in [1.29, 1.82) is 0 Å². The van der Waals surface area contributed by atoms with Crippen LogP contribution in [0.2, 0.25) is 0 Å². The minimum absolute atomic E-state index is 0.899. The maximum Gasteiger partial charge on any atom is -0.0315 e. The van der Waals surface area contributed by atoms with E-state index in [4.69, 9.17) is 0 Å². The van der Waals surface area contributed by atoms with Crippen LogP contribution in [0.3, 0.4) is 0 Å². The quantitative estimate of drug-likeness (QED) is 0.227. The molecule has 0 spiro atoms. The Morgan fingerprint density at radius 3 is 0.522 bits per heavy atom. The minimum atomic E-state index is 0.899. The number of rotatable bonds is 0. The second-order valence-electron chi connectivity index (χ2n) is 60.9. The molecule has 20 saturated carbocycles. The summed E-state index contributed by atoms with van der Waals surface area (Å²) in [5.41, 5.74) is 0. The van der Waals surface area contributed by atoms with Gasteiger partial charge in [0.2, 0.25) is 0 Å². The van der Waals surface area contributed by atoms with E-state index in [1.807, 2.05) is 0 Å². The fourth-order valence-corrected chi connectivity index (χ4v) is 47.1. The monoisotopic (exact) mass is 1850 g/mol. The molecule has 0 aliphatic heterocycles. The van der Waals surface area contributed by atoms with Gasteiger partial charge in [0.1, 0.15) is 0 Å². The molecule has 72 unspecified atom stereocenters. The van der Waals surface area contributed by atoms with Crippen molar-refractivity contribution in [1.82, 2.24) is 0 Å². The van der Waals surface area contributed by atoms with Crippen LogP contribution in [0.5, 0.6) is 0 Å². The summed E-state index contributed by atoms with van der Waals surface area (Å²) < 4.78 is 0. The second-order valence-corrected chi connectivity index (χ2v) is 60.9. The van der Waals surface area contributed by atoms with Crippen LogP contribution in [-0.4, -0.2) is 0 Å². The van der Waals surface area contributed by atoms with E-state index in [0.717, 1.165) is 432 Å². The van der Waals surface area contributed by atoms with Crippen molar-refractivity contribution in [2.45, 2.75) is 415 Å². The summed E-state index contributed by atoms with van der Waals surface area (Å²) in [7, 11) is 0. The van der Waals surface area contributed by atoms with Crippen molar-refractivity contribution < 1.29 is 0 Å². The molecule has 0 heterocycles. The van der Waals surface area contributed by atoms with Crippen LogP contribution in [-0.2, 0) is 0 Å². The van der Waals surface area contributed by atoms with Crippen molar-refractivity contribution in [3.63, 3.8) is 0 Å². The lowest BCUT2D eigenvalue weighted by Crippen LogP contribution is -2.61. The first kappa shape index (κ1) is 110. The normalized spacial score (nSPS) is 62.4. The van der Waals surface area contributed by atoms with Gasteiger partial charge in [-0.15, -0.1) is 0 Å². The Morgan fingerprint density at radius 1 is 0.0672 bits per heavy atom. The molecule has 0 saturated heterocycles. The summed E-state index contributed by atoms with van der Waals surface area (Å²) in [5.74, 6) is 70.6. The maximum absolute atomic E-state index is 2.65.